The summed E-state index contributed by atoms with van der Waals surface area (Å²) >= 11 is 0. The summed E-state index contributed by atoms with van der Waals surface area (Å²) in [4.78, 5) is 0. The molecule has 1 fully saturated rings. The van der Waals surface area contributed by atoms with Crippen LogP contribution in [0.5, 0.6) is 5.75 Å². The molecule has 1 atom stereocenters. The van der Waals surface area contributed by atoms with Crippen molar-refractivity contribution in [3.8, 4) is 5.75 Å². The third kappa shape index (κ3) is 2.07. The minimum atomic E-state index is 0.354. The van der Waals surface area contributed by atoms with E-state index >= 15 is 0 Å². The fraction of sp³-hybridized carbons (Fsp3) is 0.500. The van der Waals surface area contributed by atoms with Gasteiger partial charge in [0.1, 0.15) is 5.75 Å². The van der Waals surface area contributed by atoms with Crippen LogP contribution in [0, 0.1) is 5.92 Å². The van der Waals surface area contributed by atoms with Crippen LogP contribution in [0.15, 0.2) is 24.3 Å². The standard InChI is InChI=1S/C12H17NO/c1-13-8-12(9-2-3-9)10-4-6-11(14)7-5-10/h4-7,9,12-14H,2-3,8H2,1H3. The summed E-state index contributed by atoms with van der Waals surface area (Å²) in [7, 11) is 2.00. The molecule has 1 aliphatic rings. The van der Waals surface area contributed by atoms with Crippen LogP contribution in [0.2, 0.25) is 0 Å². The first-order valence-electron chi connectivity index (χ1n) is 5.25. The van der Waals surface area contributed by atoms with E-state index in [4.69, 9.17) is 0 Å². The number of benzene rings is 1. The molecule has 0 saturated heterocycles. The molecule has 14 heavy (non-hydrogen) atoms. The van der Waals surface area contributed by atoms with Gasteiger partial charge in [-0.15, -0.1) is 0 Å². The van der Waals surface area contributed by atoms with E-state index in [9.17, 15) is 5.11 Å². The Kier molecular flexibility index (Phi) is 2.73. The smallest absolute Gasteiger partial charge is 0.115 e. The SMILES string of the molecule is CNCC(c1ccc(O)cc1)C1CC1. The van der Waals surface area contributed by atoms with Crippen molar-refractivity contribution in [1.29, 1.82) is 0 Å². The second kappa shape index (κ2) is 4.01. The average Bonchev–Trinajstić information content (AvgIpc) is 2.99. The molecule has 0 aliphatic heterocycles. The van der Waals surface area contributed by atoms with E-state index in [0.717, 1.165) is 12.5 Å². The molecule has 1 aliphatic carbocycles. The number of rotatable bonds is 4. The molecule has 0 radical (unpaired) electrons. The molecule has 2 N–H and O–H groups in total. The lowest BCUT2D eigenvalue weighted by atomic mass is 9.94. The zero-order valence-electron chi connectivity index (χ0n) is 8.53. The Morgan fingerprint density at radius 3 is 2.50 bits per heavy atom. The minimum Gasteiger partial charge on any atom is -0.508 e. The van der Waals surface area contributed by atoms with Crippen molar-refractivity contribution in [2.24, 2.45) is 5.92 Å². The lowest BCUT2D eigenvalue weighted by Gasteiger charge is -2.16. The highest BCUT2D eigenvalue weighted by Gasteiger charge is 2.31. The fourth-order valence-corrected chi connectivity index (χ4v) is 2.00. The Labute approximate surface area is 85.0 Å². The zero-order chi connectivity index (χ0) is 9.97. The highest BCUT2D eigenvalue weighted by molar-refractivity contribution is 5.29. The van der Waals surface area contributed by atoms with Gasteiger partial charge in [0.15, 0.2) is 0 Å². The molecule has 2 rings (SSSR count). The lowest BCUT2D eigenvalue weighted by Crippen LogP contribution is -2.18. The van der Waals surface area contributed by atoms with Crippen molar-refractivity contribution < 1.29 is 5.11 Å². The monoisotopic (exact) mass is 191 g/mol. The van der Waals surface area contributed by atoms with Gasteiger partial charge in [-0.25, -0.2) is 0 Å². The van der Waals surface area contributed by atoms with Crippen molar-refractivity contribution in [3.63, 3.8) is 0 Å². The molecular weight excluding hydrogens is 174 g/mol. The van der Waals surface area contributed by atoms with Crippen molar-refractivity contribution in [2.45, 2.75) is 18.8 Å². The van der Waals surface area contributed by atoms with Crippen LogP contribution in [0.4, 0.5) is 0 Å². The summed E-state index contributed by atoms with van der Waals surface area (Å²) in [5.74, 6) is 1.83. The van der Waals surface area contributed by atoms with Crippen molar-refractivity contribution in [3.05, 3.63) is 29.8 Å². The van der Waals surface area contributed by atoms with Crippen molar-refractivity contribution in [2.75, 3.05) is 13.6 Å². The Morgan fingerprint density at radius 1 is 1.36 bits per heavy atom. The third-order valence-electron chi connectivity index (χ3n) is 2.94. The Hall–Kier alpha value is -1.02. The minimum absolute atomic E-state index is 0.354. The predicted octanol–water partition coefficient (Wildman–Crippen LogP) is 2.11. The first-order chi connectivity index (χ1) is 6.81. The number of likely N-dealkylation sites (N-methyl/N-ethyl adjacent to an activating group) is 1. The molecule has 0 bridgehead atoms. The maximum absolute atomic E-state index is 9.21. The Morgan fingerprint density at radius 2 is 2.00 bits per heavy atom. The van der Waals surface area contributed by atoms with Crippen molar-refractivity contribution in [1.82, 2.24) is 5.32 Å². The third-order valence-corrected chi connectivity index (χ3v) is 2.94. The first-order valence-corrected chi connectivity index (χ1v) is 5.25. The largest absolute Gasteiger partial charge is 0.508 e. The van der Waals surface area contributed by atoms with Gasteiger partial charge in [-0.1, -0.05) is 12.1 Å². The average molecular weight is 191 g/mol. The van der Waals surface area contributed by atoms with E-state index in [1.807, 2.05) is 19.2 Å². The molecule has 0 spiro atoms. The van der Waals surface area contributed by atoms with Gasteiger partial charge in [-0.3, -0.25) is 0 Å². The highest BCUT2D eigenvalue weighted by atomic mass is 16.3. The molecule has 0 heterocycles. The van der Waals surface area contributed by atoms with E-state index in [1.54, 1.807) is 12.1 Å². The molecular formula is C12H17NO. The number of aromatic hydroxyl groups is 1. The molecule has 1 unspecified atom stereocenters. The van der Waals surface area contributed by atoms with Gasteiger partial charge >= 0.3 is 0 Å². The summed E-state index contributed by atoms with van der Waals surface area (Å²) in [5.41, 5.74) is 1.35. The first kappa shape index (κ1) is 9.53. The van der Waals surface area contributed by atoms with Gasteiger partial charge in [0, 0.05) is 6.54 Å². The lowest BCUT2D eigenvalue weighted by molar-refractivity contribution is 0.474. The van der Waals surface area contributed by atoms with Crippen molar-refractivity contribution >= 4 is 0 Å². The fourth-order valence-electron chi connectivity index (χ4n) is 2.00. The second-order valence-corrected chi connectivity index (χ2v) is 4.09. The number of hydrogen-bond acceptors (Lipinski definition) is 2. The summed E-state index contributed by atoms with van der Waals surface area (Å²) < 4.78 is 0. The van der Waals surface area contributed by atoms with Gasteiger partial charge in [-0.05, 0) is 49.4 Å². The topological polar surface area (TPSA) is 32.3 Å². The Bertz CT molecular complexity index is 290. The number of hydrogen-bond donors (Lipinski definition) is 2. The molecule has 0 aromatic heterocycles. The molecule has 2 heteroatoms. The highest BCUT2D eigenvalue weighted by Crippen LogP contribution is 2.42. The second-order valence-electron chi connectivity index (χ2n) is 4.09. The molecule has 76 valence electrons. The maximum Gasteiger partial charge on any atom is 0.115 e. The quantitative estimate of drug-likeness (QED) is 0.764. The van der Waals surface area contributed by atoms with Crippen LogP contribution in [0.3, 0.4) is 0 Å². The molecule has 1 aromatic carbocycles. The van der Waals surface area contributed by atoms with Gasteiger partial charge in [0.2, 0.25) is 0 Å². The maximum atomic E-state index is 9.21. The summed E-state index contributed by atoms with van der Waals surface area (Å²) in [6.45, 7) is 1.04. The van der Waals surface area contributed by atoms with Gasteiger partial charge in [0.05, 0.1) is 0 Å². The zero-order valence-corrected chi connectivity index (χ0v) is 8.53. The van der Waals surface area contributed by atoms with Gasteiger partial charge in [0.25, 0.3) is 0 Å². The summed E-state index contributed by atoms with van der Waals surface area (Å²) in [6.07, 6.45) is 2.71. The Balaban J connectivity index is 2.13. The molecule has 2 nitrogen and oxygen atoms in total. The number of phenols is 1. The van der Waals surface area contributed by atoms with Crippen LogP contribution in [0.25, 0.3) is 0 Å². The normalized spacial score (nSPS) is 18.1. The van der Waals surface area contributed by atoms with E-state index in [-0.39, 0.29) is 0 Å². The van der Waals surface area contributed by atoms with Gasteiger partial charge in [-0.2, -0.15) is 0 Å². The molecule has 0 amide bonds. The molecule has 1 aromatic rings. The van der Waals surface area contributed by atoms with Gasteiger partial charge < -0.3 is 10.4 Å². The molecule has 1 saturated carbocycles. The van der Waals surface area contributed by atoms with E-state index in [0.29, 0.717) is 11.7 Å². The number of nitrogens with one attached hydrogen (secondary N) is 1. The van der Waals surface area contributed by atoms with E-state index in [1.165, 1.54) is 18.4 Å². The number of phenolic OH excluding ortho intramolecular Hbond substituents is 1. The van der Waals surface area contributed by atoms with E-state index < -0.39 is 0 Å². The van der Waals surface area contributed by atoms with E-state index in [2.05, 4.69) is 5.32 Å². The van der Waals surface area contributed by atoms with Crippen LogP contribution >= 0.6 is 0 Å². The van der Waals surface area contributed by atoms with Crippen LogP contribution in [-0.2, 0) is 0 Å². The van der Waals surface area contributed by atoms with Crippen LogP contribution < -0.4 is 5.32 Å². The van der Waals surface area contributed by atoms with Crippen LogP contribution in [-0.4, -0.2) is 18.7 Å². The predicted molar refractivity (Wildman–Crippen MR) is 57.5 cm³/mol. The summed E-state index contributed by atoms with van der Waals surface area (Å²) in [6, 6.07) is 7.63. The van der Waals surface area contributed by atoms with Crippen LogP contribution in [0.1, 0.15) is 24.3 Å². The summed E-state index contributed by atoms with van der Waals surface area (Å²) in [5, 5.41) is 12.4.